The predicted molar refractivity (Wildman–Crippen MR) is 120 cm³/mol. The highest BCUT2D eigenvalue weighted by molar-refractivity contribution is 5.79. The summed E-state index contributed by atoms with van der Waals surface area (Å²) >= 11 is 0. The first-order valence-corrected chi connectivity index (χ1v) is 10.4. The first kappa shape index (κ1) is 20.5. The van der Waals surface area contributed by atoms with E-state index in [9.17, 15) is 14.4 Å². The highest BCUT2D eigenvalue weighted by Gasteiger charge is 2.18. The van der Waals surface area contributed by atoms with Crippen LogP contribution in [0.4, 0.5) is 0 Å². The maximum Gasteiger partial charge on any atom is 0.332 e. The molecular formula is C24H20N4O5. The minimum Gasteiger partial charge on any atom is -0.454 e. The summed E-state index contributed by atoms with van der Waals surface area (Å²) in [4.78, 5) is 43.2. The SMILES string of the molecule is O=C(Cn1c(=O)n(Cc2ccc3c(c2)OCO3)c(=O)c2ncccc21)NCc1ccccc1. The van der Waals surface area contributed by atoms with Crippen LogP contribution in [0.3, 0.4) is 0 Å². The summed E-state index contributed by atoms with van der Waals surface area (Å²) in [5, 5.41) is 2.81. The smallest absolute Gasteiger partial charge is 0.332 e. The van der Waals surface area contributed by atoms with E-state index in [4.69, 9.17) is 9.47 Å². The van der Waals surface area contributed by atoms with Gasteiger partial charge in [0.15, 0.2) is 17.0 Å². The number of amides is 1. The third-order valence-electron chi connectivity index (χ3n) is 5.40. The van der Waals surface area contributed by atoms with Gasteiger partial charge in [-0.15, -0.1) is 0 Å². The fourth-order valence-corrected chi connectivity index (χ4v) is 3.75. The number of ether oxygens (including phenoxy) is 2. The van der Waals surface area contributed by atoms with Crippen molar-refractivity contribution in [1.82, 2.24) is 19.4 Å². The van der Waals surface area contributed by atoms with Crippen LogP contribution >= 0.6 is 0 Å². The van der Waals surface area contributed by atoms with Crippen LogP contribution in [-0.2, 0) is 24.4 Å². The lowest BCUT2D eigenvalue weighted by Gasteiger charge is -2.14. The van der Waals surface area contributed by atoms with E-state index < -0.39 is 11.2 Å². The van der Waals surface area contributed by atoms with Gasteiger partial charge in [0.2, 0.25) is 12.7 Å². The summed E-state index contributed by atoms with van der Waals surface area (Å²) < 4.78 is 13.1. The molecule has 0 aliphatic carbocycles. The molecule has 1 amide bonds. The van der Waals surface area contributed by atoms with Crippen LogP contribution in [0, 0.1) is 0 Å². The average molecular weight is 444 g/mol. The minimum atomic E-state index is -0.590. The van der Waals surface area contributed by atoms with Crippen molar-refractivity contribution in [1.29, 1.82) is 0 Å². The molecule has 0 atom stereocenters. The molecule has 9 heteroatoms. The van der Waals surface area contributed by atoms with Gasteiger partial charge in [-0.25, -0.2) is 9.78 Å². The molecule has 0 saturated heterocycles. The van der Waals surface area contributed by atoms with Gasteiger partial charge >= 0.3 is 5.69 Å². The molecule has 0 radical (unpaired) electrons. The second kappa shape index (κ2) is 8.62. The predicted octanol–water partition coefficient (Wildman–Crippen LogP) is 1.65. The van der Waals surface area contributed by atoms with Crippen LogP contribution in [0.15, 0.2) is 76.4 Å². The number of benzene rings is 2. The Kier molecular flexibility index (Phi) is 5.35. The summed E-state index contributed by atoms with van der Waals surface area (Å²) in [6.45, 7) is 0.229. The first-order valence-electron chi connectivity index (χ1n) is 10.4. The Bertz CT molecular complexity index is 1460. The lowest BCUT2D eigenvalue weighted by molar-refractivity contribution is -0.121. The monoisotopic (exact) mass is 444 g/mol. The molecule has 4 aromatic rings. The zero-order valence-electron chi connectivity index (χ0n) is 17.6. The summed E-state index contributed by atoms with van der Waals surface area (Å²) in [6, 6.07) is 17.9. The third-order valence-corrected chi connectivity index (χ3v) is 5.40. The minimum absolute atomic E-state index is 0.00640. The highest BCUT2D eigenvalue weighted by atomic mass is 16.7. The van der Waals surface area contributed by atoms with Crippen LogP contribution in [0.1, 0.15) is 11.1 Å². The Balaban J connectivity index is 1.48. The standard InChI is InChI=1S/C24H20N4O5/c29-21(26-12-16-5-2-1-3-6-16)14-27-18-7-4-10-25-22(18)23(30)28(24(27)31)13-17-8-9-19-20(11-17)33-15-32-19/h1-11H,12-15H2,(H,26,29). The number of nitrogens with zero attached hydrogens (tertiary/aromatic N) is 3. The van der Waals surface area contributed by atoms with E-state index in [0.717, 1.165) is 10.1 Å². The highest BCUT2D eigenvalue weighted by Crippen LogP contribution is 2.32. The van der Waals surface area contributed by atoms with Gasteiger partial charge in [0.1, 0.15) is 6.54 Å². The van der Waals surface area contributed by atoms with Crippen LogP contribution in [0.2, 0.25) is 0 Å². The summed E-state index contributed by atoms with van der Waals surface area (Å²) in [5.41, 5.74) is 0.951. The van der Waals surface area contributed by atoms with Crippen molar-refractivity contribution in [2.24, 2.45) is 0 Å². The van der Waals surface area contributed by atoms with E-state index in [1.54, 1.807) is 30.3 Å². The molecule has 0 saturated carbocycles. The fraction of sp³-hybridized carbons (Fsp3) is 0.167. The second-order valence-electron chi connectivity index (χ2n) is 7.58. The number of hydrogen-bond donors (Lipinski definition) is 1. The van der Waals surface area contributed by atoms with Gasteiger partial charge in [-0.2, -0.15) is 0 Å². The number of fused-ring (bicyclic) bond motifs is 2. The van der Waals surface area contributed by atoms with Gasteiger partial charge in [-0.05, 0) is 35.4 Å². The van der Waals surface area contributed by atoms with Gasteiger partial charge in [0.25, 0.3) is 5.56 Å². The molecule has 33 heavy (non-hydrogen) atoms. The number of hydrogen-bond acceptors (Lipinski definition) is 6. The van der Waals surface area contributed by atoms with Gasteiger partial charge in [0, 0.05) is 12.7 Å². The topological polar surface area (TPSA) is 104 Å². The number of nitrogens with one attached hydrogen (secondary N) is 1. The number of carbonyl (C=O) groups excluding carboxylic acids is 1. The largest absolute Gasteiger partial charge is 0.454 e. The first-order chi connectivity index (χ1) is 16.1. The molecule has 0 spiro atoms. The summed E-state index contributed by atoms with van der Waals surface area (Å²) in [6.07, 6.45) is 1.49. The Hall–Kier alpha value is -4.40. The van der Waals surface area contributed by atoms with E-state index in [1.807, 2.05) is 30.3 Å². The quantitative estimate of drug-likeness (QED) is 0.485. The van der Waals surface area contributed by atoms with Crippen LogP contribution < -0.4 is 26.0 Å². The Morgan fingerprint density at radius 3 is 2.61 bits per heavy atom. The lowest BCUT2D eigenvalue weighted by atomic mass is 10.2. The van der Waals surface area contributed by atoms with E-state index in [0.29, 0.717) is 29.1 Å². The molecule has 0 bridgehead atoms. The van der Waals surface area contributed by atoms with Crippen LogP contribution in [0.5, 0.6) is 11.5 Å². The third kappa shape index (κ3) is 4.08. The maximum absolute atomic E-state index is 13.3. The second-order valence-corrected chi connectivity index (χ2v) is 7.58. The van der Waals surface area contributed by atoms with E-state index in [-0.39, 0.29) is 31.3 Å². The molecule has 5 rings (SSSR count). The molecular weight excluding hydrogens is 424 g/mol. The van der Waals surface area contributed by atoms with Crippen molar-refractivity contribution in [2.45, 2.75) is 19.6 Å². The van der Waals surface area contributed by atoms with Gasteiger partial charge in [-0.1, -0.05) is 36.4 Å². The molecule has 1 aliphatic rings. The van der Waals surface area contributed by atoms with Crippen LogP contribution in [-0.4, -0.2) is 26.8 Å². The normalized spacial score (nSPS) is 12.1. The van der Waals surface area contributed by atoms with Crippen molar-refractivity contribution < 1.29 is 14.3 Å². The number of aromatic nitrogens is 3. The zero-order chi connectivity index (χ0) is 22.8. The van der Waals surface area contributed by atoms with Crippen molar-refractivity contribution in [3.8, 4) is 11.5 Å². The van der Waals surface area contributed by atoms with Gasteiger partial charge < -0.3 is 14.8 Å². The number of rotatable bonds is 6. The van der Waals surface area contributed by atoms with Crippen molar-refractivity contribution in [2.75, 3.05) is 6.79 Å². The van der Waals surface area contributed by atoms with Gasteiger partial charge in [-0.3, -0.25) is 18.7 Å². The molecule has 2 aromatic heterocycles. The van der Waals surface area contributed by atoms with E-state index >= 15 is 0 Å². The van der Waals surface area contributed by atoms with Crippen molar-refractivity contribution >= 4 is 16.9 Å². The number of carbonyl (C=O) groups is 1. The molecule has 3 heterocycles. The Morgan fingerprint density at radius 2 is 1.76 bits per heavy atom. The Morgan fingerprint density at radius 1 is 0.939 bits per heavy atom. The molecule has 166 valence electrons. The molecule has 1 aliphatic heterocycles. The van der Waals surface area contributed by atoms with E-state index in [2.05, 4.69) is 10.3 Å². The molecule has 1 N–H and O–H groups in total. The van der Waals surface area contributed by atoms with Crippen LogP contribution in [0.25, 0.3) is 11.0 Å². The van der Waals surface area contributed by atoms with Crippen molar-refractivity contribution in [3.05, 3.63) is 98.8 Å². The average Bonchev–Trinajstić information content (AvgIpc) is 3.32. The maximum atomic E-state index is 13.3. The zero-order valence-corrected chi connectivity index (χ0v) is 17.6. The molecule has 9 nitrogen and oxygen atoms in total. The van der Waals surface area contributed by atoms with E-state index in [1.165, 1.54) is 10.8 Å². The summed E-state index contributed by atoms with van der Waals surface area (Å²) in [5.74, 6) is 0.818. The molecule has 2 aromatic carbocycles. The summed E-state index contributed by atoms with van der Waals surface area (Å²) in [7, 11) is 0. The van der Waals surface area contributed by atoms with Crippen molar-refractivity contribution in [3.63, 3.8) is 0 Å². The lowest BCUT2D eigenvalue weighted by Crippen LogP contribution is -2.43. The Labute approximate surface area is 187 Å². The molecule has 0 fully saturated rings. The molecule has 0 unspecified atom stereocenters. The number of pyridine rings is 1. The fourth-order valence-electron chi connectivity index (χ4n) is 3.75. The van der Waals surface area contributed by atoms with Gasteiger partial charge in [0.05, 0.1) is 12.1 Å².